The summed E-state index contributed by atoms with van der Waals surface area (Å²) in [7, 11) is 0. The molecular weight excluding hydrogens is 416 g/mol. The highest BCUT2D eigenvalue weighted by Crippen LogP contribution is 2.39. The summed E-state index contributed by atoms with van der Waals surface area (Å²) in [5, 5.41) is 0. The molecule has 0 aromatic heterocycles. The van der Waals surface area contributed by atoms with Crippen molar-refractivity contribution in [3.63, 3.8) is 0 Å². The molecule has 0 bridgehead atoms. The average Bonchev–Trinajstić information content (AvgIpc) is 2.04. The van der Waals surface area contributed by atoms with Crippen molar-refractivity contribution < 1.29 is 0 Å². The Labute approximate surface area is 106 Å². The van der Waals surface area contributed by atoms with Crippen molar-refractivity contribution in [1.82, 2.24) is 0 Å². The lowest BCUT2D eigenvalue weighted by molar-refractivity contribution is 1.29. The minimum atomic E-state index is 0.207. The highest BCUT2D eigenvalue weighted by Gasteiger charge is 2.12. The van der Waals surface area contributed by atoms with Crippen molar-refractivity contribution in [1.29, 1.82) is 0 Å². The van der Waals surface area contributed by atoms with Crippen LogP contribution in [0.2, 0.25) is 0 Å². The summed E-state index contributed by atoms with van der Waals surface area (Å²) in [5.74, 6) is 0. The first-order chi connectivity index (χ1) is 5.63. The summed E-state index contributed by atoms with van der Waals surface area (Å²) in [6, 6.07) is 8.21. The molecule has 0 N–H and O–H groups in total. The van der Waals surface area contributed by atoms with E-state index in [4.69, 9.17) is 0 Å². The predicted octanol–water partition coefficient (Wildman–Crippen LogP) is 5.26. The maximum Gasteiger partial charge on any atom is 0.0949 e. The normalized spacial score (nSPS) is 11.2. The molecule has 0 heterocycles. The molecule has 0 aliphatic carbocycles. The summed E-state index contributed by atoms with van der Waals surface area (Å²) in [4.78, 5) is 0. The van der Waals surface area contributed by atoms with Gasteiger partial charge < -0.3 is 0 Å². The summed E-state index contributed by atoms with van der Waals surface area (Å²) in [6.45, 7) is 0. The van der Waals surface area contributed by atoms with E-state index in [0.29, 0.717) is 0 Å². The molecule has 1 aromatic rings. The van der Waals surface area contributed by atoms with Crippen LogP contribution >= 0.6 is 63.7 Å². The minimum absolute atomic E-state index is 0.207. The lowest BCUT2D eigenvalue weighted by atomic mass is 10.1. The van der Waals surface area contributed by atoms with Crippen LogP contribution < -0.4 is 0 Å². The van der Waals surface area contributed by atoms with Crippen LogP contribution in [0, 0.1) is 0 Å². The second kappa shape index (κ2) is 5.13. The summed E-state index contributed by atoms with van der Waals surface area (Å²) < 4.78 is 0.414. The Kier molecular flexibility index (Phi) is 4.79. The largest absolute Gasteiger partial charge is 0.0949 e. The SMILES string of the molecule is BrC(Br)c1ccccc1C(Br)Br. The van der Waals surface area contributed by atoms with E-state index in [1.807, 2.05) is 12.1 Å². The van der Waals surface area contributed by atoms with Gasteiger partial charge in [-0.2, -0.15) is 0 Å². The molecule has 66 valence electrons. The Bertz CT molecular complexity index is 230. The van der Waals surface area contributed by atoms with Gasteiger partial charge in [-0.3, -0.25) is 0 Å². The fourth-order valence-electron chi connectivity index (χ4n) is 0.908. The Morgan fingerprint density at radius 1 is 0.750 bits per heavy atom. The van der Waals surface area contributed by atoms with E-state index in [0.717, 1.165) is 0 Å². The third-order valence-corrected chi connectivity index (χ3v) is 3.44. The molecule has 12 heavy (non-hydrogen) atoms. The van der Waals surface area contributed by atoms with Gasteiger partial charge in [-0.1, -0.05) is 88.0 Å². The van der Waals surface area contributed by atoms with Gasteiger partial charge in [0.25, 0.3) is 0 Å². The number of benzene rings is 1. The summed E-state index contributed by atoms with van der Waals surface area (Å²) in [5.41, 5.74) is 2.47. The number of rotatable bonds is 2. The maximum absolute atomic E-state index is 3.48. The molecule has 0 nitrogen and oxygen atoms in total. The van der Waals surface area contributed by atoms with Crippen molar-refractivity contribution in [3.05, 3.63) is 35.4 Å². The van der Waals surface area contributed by atoms with Crippen molar-refractivity contribution in [3.8, 4) is 0 Å². The smallest absolute Gasteiger partial charge is 0.0712 e. The number of hydrogen-bond donors (Lipinski definition) is 0. The van der Waals surface area contributed by atoms with Crippen molar-refractivity contribution in [2.45, 2.75) is 7.47 Å². The van der Waals surface area contributed by atoms with Crippen LogP contribution in [0.3, 0.4) is 0 Å². The third kappa shape index (κ3) is 2.82. The van der Waals surface area contributed by atoms with Gasteiger partial charge in [0.1, 0.15) is 0 Å². The fourth-order valence-corrected chi connectivity index (χ4v) is 2.58. The molecule has 0 saturated heterocycles. The van der Waals surface area contributed by atoms with Crippen LogP contribution in [0.1, 0.15) is 18.6 Å². The van der Waals surface area contributed by atoms with Gasteiger partial charge in [-0.25, -0.2) is 0 Å². The number of alkyl halides is 4. The third-order valence-electron chi connectivity index (χ3n) is 1.47. The van der Waals surface area contributed by atoms with E-state index in [1.54, 1.807) is 0 Å². The Morgan fingerprint density at radius 3 is 1.33 bits per heavy atom. The van der Waals surface area contributed by atoms with Gasteiger partial charge in [0.15, 0.2) is 0 Å². The average molecular weight is 422 g/mol. The molecule has 0 fully saturated rings. The van der Waals surface area contributed by atoms with Gasteiger partial charge >= 0.3 is 0 Å². The maximum atomic E-state index is 3.48. The van der Waals surface area contributed by atoms with Crippen LogP contribution in [0.5, 0.6) is 0 Å². The molecule has 0 atom stereocenters. The number of hydrogen-bond acceptors (Lipinski definition) is 0. The topological polar surface area (TPSA) is 0 Å². The Hall–Kier alpha value is 1.14. The molecule has 0 aliphatic heterocycles. The summed E-state index contributed by atoms with van der Waals surface area (Å²) in [6.07, 6.45) is 0. The second-order valence-electron chi connectivity index (χ2n) is 2.23. The predicted molar refractivity (Wildman–Crippen MR) is 67.6 cm³/mol. The quantitative estimate of drug-likeness (QED) is 0.571. The van der Waals surface area contributed by atoms with Gasteiger partial charge in [0.05, 0.1) is 7.47 Å². The molecular formula is C8H6Br4. The summed E-state index contributed by atoms with van der Waals surface area (Å²) >= 11 is 13.9. The van der Waals surface area contributed by atoms with Crippen molar-refractivity contribution in [2.24, 2.45) is 0 Å². The van der Waals surface area contributed by atoms with Crippen LogP contribution in [0.4, 0.5) is 0 Å². The molecule has 1 rings (SSSR count). The highest BCUT2D eigenvalue weighted by atomic mass is 79.9. The molecule has 4 heteroatoms. The second-order valence-corrected chi connectivity index (χ2v) is 8.35. The lowest BCUT2D eigenvalue weighted by Crippen LogP contribution is -1.90. The van der Waals surface area contributed by atoms with Crippen LogP contribution in [0.25, 0.3) is 0 Å². The zero-order valence-corrected chi connectivity index (χ0v) is 12.3. The minimum Gasteiger partial charge on any atom is -0.0712 e. The fraction of sp³-hybridized carbons (Fsp3) is 0.250. The van der Waals surface area contributed by atoms with Crippen molar-refractivity contribution in [2.75, 3.05) is 0 Å². The van der Waals surface area contributed by atoms with Crippen LogP contribution in [0.15, 0.2) is 24.3 Å². The van der Waals surface area contributed by atoms with E-state index in [2.05, 4.69) is 75.9 Å². The van der Waals surface area contributed by atoms with Crippen molar-refractivity contribution >= 4 is 63.7 Å². The first-order valence-electron chi connectivity index (χ1n) is 3.28. The van der Waals surface area contributed by atoms with Gasteiger partial charge in [0, 0.05) is 0 Å². The lowest BCUT2D eigenvalue weighted by Gasteiger charge is -2.10. The Morgan fingerprint density at radius 2 is 1.08 bits per heavy atom. The Balaban J connectivity index is 3.09. The monoisotopic (exact) mass is 418 g/mol. The zero-order chi connectivity index (χ0) is 9.14. The first-order valence-corrected chi connectivity index (χ1v) is 6.94. The van der Waals surface area contributed by atoms with E-state index in [-0.39, 0.29) is 7.47 Å². The van der Waals surface area contributed by atoms with E-state index >= 15 is 0 Å². The highest BCUT2D eigenvalue weighted by molar-refractivity contribution is 9.24. The zero-order valence-electron chi connectivity index (χ0n) is 5.98. The first kappa shape index (κ1) is 11.2. The molecule has 0 radical (unpaired) electrons. The van der Waals surface area contributed by atoms with Crippen LogP contribution in [-0.2, 0) is 0 Å². The van der Waals surface area contributed by atoms with E-state index < -0.39 is 0 Å². The number of halogens is 4. The van der Waals surface area contributed by atoms with Gasteiger partial charge in [-0.05, 0) is 11.1 Å². The molecule has 1 aromatic carbocycles. The van der Waals surface area contributed by atoms with E-state index in [9.17, 15) is 0 Å². The van der Waals surface area contributed by atoms with Gasteiger partial charge in [-0.15, -0.1) is 0 Å². The molecule has 0 unspecified atom stereocenters. The molecule has 0 spiro atoms. The van der Waals surface area contributed by atoms with Crippen LogP contribution in [-0.4, -0.2) is 0 Å². The van der Waals surface area contributed by atoms with Gasteiger partial charge in [0.2, 0.25) is 0 Å². The molecule has 0 aliphatic rings. The molecule has 0 saturated carbocycles. The molecule has 0 amide bonds. The van der Waals surface area contributed by atoms with E-state index in [1.165, 1.54) is 11.1 Å². The standard InChI is InChI=1S/C8H6Br4/c9-7(10)5-3-1-2-4-6(5)8(11)12/h1-4,7-8H.